The molecule has 1 saturated heterocycles. The van der Waals surface area contributed by atoms with E-state index in [9.17, 15) is 14.4 Å². The topological polar surface area (TPSA) is 95.1 Å². The van der Waals surface area contributed by atoms with E-state index in [1.807, 2.05) is 17.3 Å². The Morgan fingerprint density at radius 3 is 2.51 bits per heavy atom. The number of hydrogen-bond donors (Lipinski definition) is 1. The molecule has 1 aromatic carbocycles. The third-order valence-electron chi connectivity index (χ3n) is 9.19. The number of benzene rings is 1. The molecule has 1 aromatic heterocycles. The van der Waals surface area contributed by atoms with Gasteiger partial charge < -0.3 is 19.9 Å². The fourth-order valence-electron chi connectivity index (χ4n) is 6.73. The number of fused-ring (bicyclic) bond motifs is 1. The first-order valence-corrected chi connectivity index (χ1v) is 15.9. The van der Waals surface area contributed by atoms with Crippen molar-refractivity contribution in [2.24, 2.45) is 5.92 Å². The molecule has 232 valence electrons. The van der Waals surface area contributed by atoms with E-state index in [2.05, 4.69) is 45.5 Å². The van der Waals surface area contributed by atoms with Crippen molar-refractivity contribution >= 4 is 29.3 Å². The highest BCUT2D eigenvalue weighted by molar-refractivity contribution is 5.91. The van der Waals surface area contributed by atoms with E-state index in [4.69, 9.17) is 4.74 Å². The minimum Gasteiger partial charge on any atom is -0.444 e. The lowest BCUT2D eigenvalue weighted by Gasteiger charge is -2.36. The number of anilines is 2. The Labute approximate surface area is 256 Å². The number of rotatable bonds is 7. The van der Waals surface area contributed by atoms with Gasteiger partial charge in [0.15, 0.2) is 0 Å². The van der Waals surface area contributed by atoms with Gasteiger partial charge in [0.05, 0.1) is 17.9 Å². The molecule has 2 aliphatic heterocycles. The Bertz CT molecular complexity index is 1320. The Morgan fingerprint density at radius 1 is 1.02 bits per heavy atom. The summed E-state index contributed by atoms with van der Waals surface area (Å²) in [6.07, 6.45) is 11.0. The van der Waals surface area contributed by atoms with E-state index in [0.29, 0.717) is 6.54 Å². The molecule has 43 heavy (non-hydrogen) atoms. The Hall–Kier alpha value is -3.62. The predicted molar refractivity (Wildman–Crippen MR) is 167 cm³/mol. The summed E-state index contributed by atoms with van der Waals surface area (Å²) in [4.78, 5) is 50.7. The van der Waals surface area contributed by atoms with E-state index >= 15 is 0 Å². The quantitative estimate of drug-likeness (QED) is 0.441. The minimum absolute atomic E-state index is 0.0354. The predicted octanol–water partition coefficient (Wildman–Crippen LogP) is 5.76. The molecule has 3 aliphatic rings. The second-order valence-corrected chi connectivity index (χ2v) is 13.3. The van der Waals surface area contributed by atoms with Crippen LogP contribution in [0.1, 0.15) is 89.8 Å². The van der Waals surface area contributed by atoms with Crippen molar-refractivity contribution in [3.8, 4) is 0 Å². The van der Waals surface area contributed by atoms with Gasteiger partial charge >= 0.3 is 6.09 Å². The maximum absolute atomic E-state index is 14.4. The fourth-order valence-corrected chi connectivity index (χ4v) is 6.73. The number of ether oxygens (including phenoxy) is 1. The highest BCUT2D eigenvalue weighted by Gasteiger charge is 2.40. The first-order valence-electron chi connectivity index (χ1n) is 15.9. The Kier molecular flexibility index (Phi) is 9.28. The number of carbonyl (C=O) groups is 3. The van der Waals surface area contributed by atoms with Crippen LogP contribution in [0.4, 0.5) is 16.2 Å². The third kappa shape index (κ3) is 6.97. The molecule has 3 atom stereocenters. The van der Waals surface area contributed by atoms with E-state index in [-0.39, 0.29) is 23.8 Å². The maximum atomic E-state index is 14.4. The highest BCUT2D eigenvalue weighted by atomic mass is 16.6. The average molecular weight is 590 g/mol. The molecule has 3 heterocycles. The van der Waals surface area contributed by atoms with E-state index in [1.165, 1.54) is 16.2 Å². The van der Waals surface area contributed by atoms with Gasteiger partial charge in [-0.05, 0) is 89.0 Å². The number of likely N-dealkylation sites (N-methyl/N-ethyl adjacent to an activating group) is 1. The Morgan fingerprint density at radius 2 is 1.77 bits per heavy atom. The maximum Gasteiger partial charge on any atom is 0.410 e. The van der Waals surface area contributed by atoms with E-state index in [1.54, 1.807) is 34.7 Å². The first-order chi connectivity index (χ1) is 20.5. The number of amides is 3. The molecular weight excluding hydrogens is 542 g/mol. The molecule has 0 spiro atoms. The standard InChI is InChI=1S/C34H47N5O4/c1-23(37(5)33(42)43-34(2,3)4)31(40)36-30(25-13-7-6-8-14-25)32(41)39-18-11-16-29(39)26-20-27(22-35-21-26)38-19-17-24-12-9-10-15-28(24)38/h9-10,12,15,20-23,25,29-30H,6-8,11,13-14,16-19H2,1-5H3,(H,36,40)/t23-,29-,30+/m0/s1. The van der Waals surface area contributed by atoms with Crippen molar-refractivity contribution in [1.82, 2.24) is 20.1 Å². The second-order valence-electron chi connectivity index (χ2n) is 13.3. The number of likely N-dealkylation sites (tertiary alicyclic amines) is 1. The number of nitrogens with one attached hydrogen (secondary N) is 1. The molecule has 5 rings (SSSR count). The molecule has 9 nitrogen and oxygen atoms in total. The molecule has 1 aliphatic carbocycles. The van der Waals surface area contributed by atoms with Crippen LogP contribution in [0.3, 0.4) is 0 Å². The van der Waals surface area contributed by atoms with Gasteiger partial charge in [-0.2, -0.15) is 0 Å². The minimum atomic E-state index is -0.785. The van der Waals surface area contributed by atoms with Crippen LogP contribution >= 0.6 is 0 Å². The van der Waals surface area contributed by atoms with Crippen LogP contribution in [0, 0.1) is 5.92 Å². The van der Waals surface area contributed by atoms with Crippen molar-refractivity contribution in [3.63, 3.8) is 0 Å². The van der Waals surface area contributed by atoms with Crippen molar-refractivity contribution < 1.29 is 19.1 Å². The van der Waals surface area contributed by atoms with Gasteiger partial charge in [0.1, 0.15) is 17.7 Å². The lowest BCUT2D eigenvalue weighted by molar-refractivity contribution is -0.140. The largest absolute Gasteiger partial charge is 0.444 e. The zero-order valence-corrected chi connectivity index (χ0v) is 26.3. The van der Waals surface area contributed by atoms with Crippen molar-refractivity contribution in [1.29, 1.82) is 0 Å². The van der Waals surface area contributed by atoms with Crippen molar-refractivity contribution in [2.45, 2.75) is 103 Å². The lowest BCUT2D eigenvalue weighted by Crippen LogP contribution is -2.56. The number of hydrogen-bond acceptors (Lipinski definition) is 6. The zero-order valence-electron chi connectivity index (χ0n) is 26.3. The van der Waals surface area contributed by atoms with E-state index < -0.39 is 23.8 Å². The summed E-state index contributed by atoms with van der Waals surface area (Å²) in [6, 6.07) is 9.14. The van der Waals surface area contributed by atoms with Gasteiger partial charge in [-0.25, -0.2) is 4.79 Å². The monoisotopic (exact) mass is 589 g/mol. The number of aromatic nitrogens is 1. The van der Waals surface area contributed by atoms with Gasteiger partial charge in [0, 0.05) is 32.0 Å². The van der Waals surface area contributed by atoms with Crippen molar-refractivity contribution in [2.75, 3.05) is 25.0 Å². The molecule has 2 aromatic rings. The summed E-state index contributed by atoms with van der Waals surface area (Å²) >= 11 is 0. The van der Waals surface area contributed by atoms with Crippen LogP contribution in [-0.2, 0) is 20.7 Å². The molecular formula is C34H47N5O4. The Balaban J connectivity index is 1.34. The molecule has 2 fully saturated rings. The molecule has 1 saturated carbocycles. The number of nitrogens with zero attached hydrogens (tertiary/aromatic N) is 4. The van der Waals surface area contributed by atoms with Gasteiger partial charge in [-0.3, -0.25) is 19.5 Å². The molecule has 3 amide bonds. The normalized spacial score (nSPS) is 20.3. The molecule has 1 N–H and O–H groups in total. The van der Waals surface area contributed by atoms with Crippen LogP contribution in [0.5, 0.6) is 0 Å². The first kappa shape index (κ1) is 30.8. The second kappa shape index (κ2) is 12.9. The van der Waals surface area contributed by atoms with Crippen LogP contribution in [-0.4, -0.2) is 70.5 Å². The third-order valence-corrected chi connectivity index (χ3v) is 9.19. The summed E-state index contributed by atoms with van der Waals surface area (Å²) in [5, 5.41) is 3.10. The van der Waals surface area contributed by atoms with Crippen LogP contribution in [0.25, 0.3) is 0 Å². The van der Waals surface area contributed by atoms with Crippen LogP contribution < -0.4 is 10.2 Å². The summed E-state index contributed by atoms with van der Waals surface area (Å²) in [7, 11) is 1.56. The van der Waals surface area contributed by atoms with Crippen LogP contribution in [0.15, 0.2) is 42.7 Å². The number of pyridine rings is 1. The van der Waals surface area contributed by atoms with Gasteiger partial charge in [0.25, 0.3) is 0 Å². The van der Waals surface area contributed by atoms with Crippen molar-refractivity contribution in [3.05, 3.63) is 53.9 Å². The fraction of sp³-hybridized carbons (Fsp3) is 0.588. The zero-order chi connectivity index (χ0) is 30.7. The van der Waals surface area contributed by atoms with Gasteiger partial charge in [-0.1, -0.05) is 37.5 Å². The smallest absolute Gasteiger partial charge is 0.410 e. The lowest BCUT2D eigenvalue weighted by atomic mass is 9.83. The van der Waals surface area contributed by atoms with Gasteiger partial charge in [-0.15, -0.1) is 0 Å². The summed E-state index contributed by atoms with van der Waals surface area (Å²) in [5.74, 6) is -0.313. The average Bonchev–Trinajstić information content (AvgIpc) is 3.66. The summed E-state index contributed by atoms with van der Waals surface area (Å²) < 4.78 is 5.47. The molecule has 0 unspecified atom stereocenters. The highest BCUT2D eigenvalue weighted by Crippen LogP contribution is 2.38. The van der Waals surface area contributed by atoms with Gasteiger partial charge in [0.2, 0.25) is 11.8 Å². The molecule has 0 radical (unpaired) electrons. The number of para-hydroxylation sites is 1. The summed E-state index contributed by atoms with van der Waals surface area (Å²) in [5.41, 5.74) is 3.95. The number of carbonyl (C=O) groups excluding carboxylic acids is 3. The molecule has 0 bridgehead atoms. The SMILES string of the molecule is C[C@@H](C(=O)N[C@@H](C(=O)N1CCC[C@H]1c1cncc(N2CCc3ccccc32)c1)C1CCCCC1)N(C)C(=O)OC(C)(C)C. The molecule has 9 heteroatoms. The van der Waals surface area contributed by atoms with Crippen LogP contribution in [0.2, 0.25) is 0 Å². The van der Waals surface area contributed by atoms with E-state index in [0.717, 1.165) is 69.2 Å². The summed E-state index contributed by atoms with van der Waals surface area (Å²) in [6.45, 7) is 8.61.